The van der Waals surface area contributed by atoms with E-state index < -0.39 is 15.3 Å². The Morgan fingerprint density at radius 3 is 2.40 bits per heavy atom. The number of anilines is 6. The van der Waals surface area contributed by atoms with Gasteiger partial charge in [0.2, 0.25) is 16.0 Å². The summed E-state index contributed by atoms with van der Waals surface area (Å²) in [5.74, 6) is 1.49. The van der Waals surface area contributed by atoms with Crippen molar-refractivity contribution in [3.63, 3.8) is 0 Å². The van der Waals surface area contributed by atoms with Crippen LogP contribution >= 0.6 is 15.9 Å². The summed E-state index contributed by atoms with van der Waals surface area (Å²) in [6, 6.07) is 8.37. The second-order valence-electron chi connectivity index (χ2n) is 12.8. The Hall–Kier alpha value is -3.79. The van der Waals surface area contributed by atoms with Gasteiger partial charge in [0.15, 0.2) is 0 Å². The predicted octanol–water partition coefficient (Wildman–Crippen LogP) is 5.11. The van der Waals surface area contributed by atoms with Crippen LogP contribution in [0.4, 0.5) is 34.5 Å². The Bertz CT molecular complexity index is 1910. The third-order valence-electron chi connectivity index (χ3n) is 9.47. The number of ether oxygens (including phenoxy) is 1. The summed E-state index contributed by atoms with van der Waals surface area (Å²) < 4.78 is 35.2. The average molecular weight is 738 g/mol. The fourth-order valence-electron chi connectivity index (χ4n) is 6.55. The van der Waals surface area contributed by atoms with Gasteiger partial charge in [0.25, 0.3) is 0 Å². The van der Waals surface area contributed by atoms with E-state index in [9.17, 15) is 8.42 Å². The Morgan fingerprint density at radius 2 is 1.67 bits per heavy atom. The first kappa shape index (κ1) is 32.7. The molecule has 15 heteroatoms. The maximum absolute atomic E-state index is 13.0. The van der Waals surface area contributed by atoms with Crippen LogP contribution in [0.1, 0.15) is 31.2 Å². The fourth-order valence-corrected chi connectivity index (χ4v) is 8.26. The standard InChI is InChI=1S/C33H41BrN10O3S/c1-21-18-27(29(47-3)19-28(21)44-12-8-22(9-13-44)43-16-14-42(2)15-17-43)39-33-37-20-24(34)32(40-33)38-26-7-6-25-30(36-11-10-35-25)31(26)41-48(45,46)23-4-5-23/h6-7,10-11,18-20,22-23,41H,4-5,8-9,12-17H2,1-3H3,(H2,37,38,39,40). The number of halogens is 1. The molecule has 7 rings (SSSR count). The quantitative estimate of drug-likeness (QED) is 0.199. The van der Waals surface area contributed by atoms with Crippen molar-refractivity contribution in [1.82, 2.24) is 29.7 Å². The minimum atomic E-state index is -3.57. The highest BCUT2D eigenvalue weighted by molar-refractivity contribution is 9.10. The van der Waals surface area contributed by atoms with Gasteiger partial charge in [-0.2, -0.15) is 4.98 Å². The summed E-state index contributed by atoms with van der Waals surface area (Å²) in [4.78, 5) is 25.6. The van der Waals surface area contributed by atoms with Crippen LogP contribution < -0.4 is 25.0 Å². The molecule has 4 heterocycles. The van der Waals surface area contributed by atoms with E-state index in [1.165, 1.54) is 5.69 Å². The highest BCUT2D eigenvalue weighted by atomic mass is 79.9. The largest absolute Gasteiger partial charge is 0.494 e. The van der Waals surface area contributed by atoms with Gasteiger partial charge >= 0.3 is 0 Å². The molecule has 0 atom stereocenters. The number of nitrogens with zero attached hydrogens (tertiary/aromatic N) is 7. The lowest BCUT2D eigenvalue weighted by atomic mass is 10.0. The highest BCUT2D eigenvalue weighted by Gasteiger charge is 2.36. The van der Waals surface area contributed by atoms with Crippen LogP contribution in [0.2, 0.25) is 0 Å². The van der Waals surface area contributed by atoms with Crippen molar-refractivity contribution in [2.75, 3.05) is 73.7 Å². The van der Waals surface area contributed by atoms with Crippen molar-refractivity contribution in [3.05, 3.63) is 52.9 Å². The molecule has 0 bridgehead atoms. The summed E-state index contributed by atoms with van der Waals surface area (Å²) in [6.45, 7) is 8.74. The van der Waals surface area contributed by atoms with E-state index in [-0.39, 0.29) is 0 Å². The lowest BCUT2D eigenvalue weighted by Crippen LogP contribution is -2.52. The monoisotopic (exact) mass is 736 g/mol. The van der Waals surface area contributed by atoms with Gasteiger partial charge < -0.3 is 25.2 Å². The summed E-state index contributed by atoms with van der Waals surface area (Å²) in [6.07, 6.45) is 8.35. The number of methoxy groups -OCH3 is 1. The molecule has 0 spiro atoms. The van der Waals surface area contributed by atoms with Gasteiger partial charge in [0.05, 0.1) is 39.4 Å². The first-order valence-corrected chi connectivity index (χ1v) is 18.7. The second kappa shape index (κ2) is 13.6. The number of aromatic nitrogens is 4. The van der Waals surface area contributed by atoms with Crippen molar-refractivity contribution in [2.24, 2.45) is 0 Å². The topological polar surface area (TPSA) is 141 Å². The molecule has 2 aromatic carbocycles. The van der Waals surface area contributed by atoms with Crippen molar-refractivity contribution in [3.8, 4) is 5.75 Å². The number of sulfonamides is 1. The van der Waals surface area contributed by atoms with Crippen LogP contribution in [0.3, 0.4) is 0 Å². The number of fused-ring (bicyclic) bond motifs is 1. The molecule has 0 unspecified atom stereocenters. The van der Waals surface area contributed by atoms with Crippen molar-refractivity contribution in [1.29, 1.82) is 0 Å². The fraction of sp³-hybridized carbons (Fsp3) is 0.455. The molecular weight excluding hydrogens is 696 g/mol. The van der Waals surface area contributed by atoms with Gasteiger partial charge in [-0.15, -0.1) is 0 Å². The molecule has 48 heavy (non-hydrogen) atoms. The Labute approximate surface area is 289 Å². The zero-order chi connectivity index (χ0) is 33.4. The van der Waals surface area contributed by atoms with Crippen molar-refractivity contribution >= 4 is 71.5 Å². The van der Waals surface area contributed by atoms with Crippen LogP contribution in [0.15, 0.2) is 47.3 Å². The third-order valence-corrected chi connectivity index (χ3v) is 11.9. The minimum absolute atomic E-state index is 0.327. The van der Waals surface area contributed by atoms with Gasteiger partial charge in [-0.25, -0.2) is 13.4 Å². The number of aryl methyl sites for hydroxylation is 1. The molecule has 3 aliphatic rings. The van der Waals surface area contributed by atoms with Gasteiger partial charge in [-0.3, -0.25) is 19.6 Å². The average Bonchev–Trinajstić information content (AvgIpc) is 3.95. The number of nitrogens with one attached hydrogen (secondary N) is 3. The van der Waals surface area contributed by atoms with E-state index in [1.54, 1.807) is 37.8 Å². The summed E-state index contributed by atoms with van der Waals surface area (Å²) in [7, 11) is 0.297. The zero-order valence-electron chi connectivity index (χ0n) is 27.4. The van der Waals surface area contributed by atoms with Gasteiger partial charge in [0, 0.05) is 75.7 Å². The Kier molecular flexibility index (Phi) is 9.28. The minimum Gasteiger partial charge on any atom is -0.494 e. The molecule has 2 aromatic heterocycles. The molecule has 2 saturated heterocycles. The number of benzene rings is 2. The third kappa shape index (κ3) is 7.00. The normalized spacial score (nSPS) is 18.2. The predicted molar refractivity (Wildman–Crippen MR) is 193 cm³/mol. The van der Waals surface area contributed by atoms with Crippen LogP contribution in [0.25, 0.3) is 11.0 Å². The first-order valence-electron chi connectivity index (χ1n) is 16.4. The lowest BCUT2D eigenvalue weighted by molar-refractivity contribution is 0.0982. The van der Waals surface area contributed by atoms with Gasteiger partial charge in [0.1, 0.15) is 17.1 Å². The number of rotatable bonds is 10. The molecular formula is C33H41BrN10O3S. The molecule has 13 nitrogen and oxygen atoms in total. The smallest absolute Gasteiger partial charge is 0.235 e. The van der Waals surface area contributed by atoms with E-state index in [2.05, 4.69) is 87.0 Å². The summed E-state index contributed by atoms with van der Waals surface area (Å²) in [5, 5.41) is 6.22. The first-order chi connectivity index (χ1) is 23.2. The Balaban J connectivity index is 1.10. The maximum Gasteiger partial charge on any atom is 0.235 e. The van der Waals surface area contributed by atoms with Crippen LogP contribution in [0.5, 0.6) is 5.75 Å². The summed E-state index contributed by atoms with van der Waals surface area (Å²) in [5.41, 5.74) is 4.90. The van der Waals surface area contributed by atoms with Crippen LogP contribution in [-0.2, 0) is 10.0 Å². The second-order valence-corrected chi connectivity index (χ2v) is 15.6. The molecule has 254 valence electrons. The number of likely N-dealkylation sites (N-methyl/N-ethyl adjacent to an activating group) is 1. The lowest BCUT2D eigenvalue weighted by Gasteiger charge is -2.43. The van der Waals surface area contributed by atoms with Crippen LogP contribution in [0, 0.1) is 6.92 Å². The van der Waals surface area contributed by atoms with Crippen molar-refractivity contribution < 1.29 is 13.2 Å². The molecule has 0 radical (unpaired) electrons. The van der Waals surface area contributed by atoms with Crippen molar-refractivity contribution in [2.45, 2.75) is 43.9 Å². The molecule has 1 aliphatic carbocycles. The van der Waals surface area contributed by atoms with E-state index >= 15 is 0 Å². The molecule has 1 saturated carbocycles. The zero-order valence-corrected chi connectivity index (χ0v) is 29.8. The maximum atomic E-state index is 13.0. The van der Waals surface area contributed by atoms with E-state index in [1.807, 2.05) is 0 Å². The molecule has 3 fully saturated rings. The number of piperazine rings is 1. The molecule has 4 aromatic rings. The molecule has 0 amide bonds. The highest BCUT2D eigenvalue weighted by Crippen LogP contribution is 2.39. The Morgan fingerprint density at radius 1 is 0.917 bits per heavy atom. The number of hydrogen-bond donors (Lipinski definition) is 3. The van der Waals surface area contributed by atoms with Gasteiger partial charge in [-0.05, 0) is 79.3 Å². The number of piperidine rings is 1. The molecule has 2 aliphatic heterocycles. The molecule has 3 N–H and O–H groups in total. The number of hydrogen-bond acceptors (Lipinski definition) is 12. The van der Waals surface area contributed by atoms with Crippen LogP contribution in [-0.4, -0.2) is 103 Å². The van der Waals surface area contributed by atoms with E-state index in [0.717, 1.165) is 63.4 Å². The van der Waals surface area contributed by atoms with Gasteiger partial charge in [-0.1, -0.05) is 0 Å². The SMILES string of the molecule is COc1cc(N2CCC(N3CCN(C)CC3)CC2)c(C)cc1Nc1ncc(Br)c(Nc2ccc3nccnc3c2NS(=O)(=O)C2CC2)n1. The summed E-state index contributed by atoms with van der Waals surface area (Å²) >= 11 is 3.55. The van der Waals surface area contributed by atoms with E-state index in [0.29, 0.717) is 63.3 Å². The van der Waals surface area contributed by atoms with E-state index in [4.69, 9.17) is 9.72 Å².